The number of hydrogen-bond acceptors (Lipinski definition) is 3. The number of halogens is 1. The van der Waals surface area contributed by atoms with Crippen molar-refractivity contribution >= 4 is 34.8 Å². The van der Waals surface area contributed by atoms with Crippen LogP contribution < -0.4 is 10.2 Å². The molecule has 134 valence electrons. The largest absolute Gasteiger partial charge is 0.354 e. The molecule has 2 aliphatic heterocycles. The molecule has 5 nitrogen and oxygen atoms in total. The minimum atomic E-state index is -0.206. The average Bonchev–Trinajstić information content (AvgIpc) is 2.67. The lowest BCUT2D eigenvalue weighted by Crippen LogP contribution is -2.55. The number of anilines is 2. The maximum Gasteiger partial charge on any atom is 0.257 e. The molecular weight excluding hydrogens is 350 g/mol. The van der Waals surface area contributed by atoms with Gasteiger partial charge in [0.2, 0.25) is 0 Å². The second-order valence-corrected chi connectivity index (χ2v) is 7.22. The molecule has 2 aromatic carbocycles. The molecule has 26 heavy (non-hydrogen) atoms. The van der Waals surface area contributed by atoms with Gasteiger partial charge in [0.05, 0.1) is 11.3 Å². The van der Waals surface area contributed by atoms with E-state index in [1.54, 1.807) is 36.4 Å². The smallest absolute Gasteiger partial charge is 0.257 e. The van der Waals surface area contributed by atoms with E-state index in [0.29, 0.717) is 21.8 Å². The fraction of sp³-hybridized carbons (Fsp3) is 0.300. The minimum Gasteiger partial charge on any atom is -0.354 e. The van der Waals surface area contributed by atoms with Gasteiger partial charge in [-0.25, -0.2) is 0 Å². The quantitative estimate of drug-likeness (QED) is 0.870. The maximum atomic E-state index is 12.8. The fourth-order valence-electron chi connectivity index (χ4n) is 3.75. The summed E-state index contributed by atoms with van der Waals surface area (Å²) in [6, 6.07) is 12.3. The Balaban J connectivity index is 1.62. The number of hydrogen-bond donors (Lipinski definition) is 1. The molecule has 0 aliphatic carbocycles. The van der Waals surface area contributed by atoms with Crippen molar-refractivity contribution in [1.82, 2.24) is 4.90 Å². The van der Waals surface area contributed by atoms with Gasteiger partial charge in [0.1, 0.15) is 6.17 Å². The molecule has 0 aromatic heterocycles. The molecule has 0 bridgehead atoms. The number of amides is 2. The van der Waals surface area contributed by atoms with Gasteiger partial charge in [-0.2, -0.15) is 0 Å². The van der Waals surface area contributed by atoms with E-state index in [4.69, 9.17) is 11.6 Å². The van der Waals surface area contributed by atoms with Gasteiger partial charge in [-0.15, -0.1) is 0 Å². The summed E-state index contributed by atoms with van der Waals surface area (Å²) < 4.78 is 0. The Bertz CT molecular complexity index is 866. The monoisotopic (exact) mass is 369 g/mol. The van der Waals surface area contributed by atoms with Gasteiger partial charge in [0.25, 0.3) is 11.8 Å². The number of fused-ring (bicyclic) bond motifs is 2. The average molecular weight is 370 g/mol. The molecule has 2 amide bonds. The summed E-state index contributed by atoms with van der Waals surface area (Å²) in [7, 11) is 2.00. The molecule has 0 saturated carbocycles. The van der Waals surface area contributed by atoms with Crippen molar-refractivity contribution in [1.29, 1.82) is 0 Å². The number of nitrogens with one attached hydrogen (secondary N) is 1. The van der Waals surface area contributed by atoms with E-state index in [9.17, 15) is 9.59 Å². The normalized spacial score (nSPS) is 19.0. The first-order chi connectivity index (χ1) is 12.5. The number of piperidine rings is 1. The van der Waals surface area contributed by atoms with Gasteiger partial charge < -0.3 is 15.1 Å². The van der Waals surface area contributed by atoms with Gasteiger partial charge in [0, 0.05) is 29.9 Å². The maximum absolute atomic E-state index is 12.8. The number of carbonyl (C=O) groups excluding carboxylic acids is 2. The Morgan fingerprint density at radius 2 is 1.92 bits per heavy atom. The van der Waals surface area contributed by atoms with Gasteiger partial charge in [-0.3, -0.25) is 9.59 Å². The highest BCUT2D eigenvalue weighted by Crippen LogP contribution is 2.34. The Hall–Kier alpha value is -2.53. The second kappa shape index (κ2) is 6.65. The lowest BCUT2D eigenvalue weighted by atomic mass is 9.97. The van der Waals surface area contributed by atoms with Crippen molar-refractivity contribution in [3.63, 3.8) is 0 Å². The zero-order valence-corrected chi connectivity index (χ0v) is 15.3. The van der Waals surface area contributed by atoms with Crippen LogP contribution in [0.5, 0.6) is 0 Å². The summed E-state index contributed by atoms with van der Waals surface area (Å²) in [6.45, 7) is 0.798. The Labute approximate surface area is 157 Å². The molecule has 1 saturated heterocycles. The highest BCUT2D eigenvalue weighted by molar-refractivity contribution is 6.30. The molecule has 2 heterocycles. The number of carbonyl (C=O) groups is 2. The van der Waals surface area contributed by atoms with Crippen LogP contribution in [0.15, 0.2) is 42.5 Å². The van der Waals surface area contributed by atoms with Crippen LogP contribution in [-0.4, -0.2) is 36.5 Å². The molecular formula is C20H20ClN3O2. The first-order valence-corrected chi connectivity index (χ1v) is 9.17. The van der Waals surface area contributed by atoms with E-state index < -0.39 is 0 Å². The predicted octanol–water partition coefficient (Wildman–Crippen LogP) is 3.99. The van der Waals surface area contributed by atoms with E-state index in [1.807, 2.05) is 18.0 Å². The Kier molecular flexibility index (Phi) is 4.32. The lowest BCUT2D eigenvalue weighted by molar-refractivity contribution is 0.0589. The van der Waals surface area contributed by atoms with Gasteiger partial charge in [0.15, 0.2) is 0 Å². The van der Waals surface area contributed by atoms with Gasteiger partial charge >= 0.3 is 0 Å². The number of nitrogens with zero attached hydrogens (tertiary/aromatic N) is 2. The second-order valence-electron chi connectivity index (χ2n) is 6.78. The topological polar surface area (TPSA) is 52.7 Å². The van der Waals surface area contributed by atoms with Crippen molar-refractivity contribution < 1.29 is 9.59 Å². The third-order valence-electron chi connectivity index (χ3n) is 5.15. The van der Waals surface area contributed by atoms with E-state index in [-0.39, 0.29) is 18.0 Å². The molecule has 2 aliphatic rings. The van der Waals surface area contributed by atoms with Crippen LogP contribution in [0.2, 0.25) is 5.02 Å². The fourth-order valence-corrected chi connectivity index (χ4v) is 3.88. The van der Waals surface area contributed by atoms with Crippen LogP contribution >= 0.6 is 11.6 Å². The molecule has 0 spiro atoms. The van der Waals surface area contributed by atoms with Crippen LogP contribution in [0.25, 0.3) is 0 Å². The van der Waals surface area contributed by atoms with Gasteiger partial charge in [-0.1, -0.05) is 11.6 Å². The first-order valence-electron chi connectivity index (χ1n) is 8.79. The van der Waals surface area contributed by atoms with E-state index >= 15 is 0 Å². The van der Waals surface area contributed by atoms with E-state index in [0.717, 1.165) is 31.5 Å². The molecule has 2 aromatic rings. The molecule has 0 radical (unpaired) electrons. The highest BCUT2D eigenvalue weighted by atomic mass is 35.5. The van der Waals surface area contributed by atoms with Crippen molar-refractivity contribution in [3.8, 4) is 0 Å². The van der Waals surface area contributed by atoms with Crippen LogP contribution in [0.1, 0.15) is 40.0 Å². The third-order valence-corrected chi connectivity index (χ3v) is 5.40. The van der Waals surface area contributed by atoms with E-state index in [1.165, 1.54) is 0 Å². The van der Waals surface area contributed by atoms with Crippen molar-refractivity contribution in [2.75, 3.05) is 23.8 Å². The summed E-state index contributed by atoms with van der Waals surface area (Å²) in [4.78, 5) is 29.4. The summed E-state index contributed by atoms with van der Waals surface area (Å²) in [6.07, 6.45) is 3.21. The standard InChI is InChI=1S/C20H20ClN3O2/c1-23-17-12-13(19(25)22-15-8-6-14(21)7-9-15)5-10-16(17)20(26)24-11-3-2-4-18(23)24/h5-10,12,18H,2-4,11H2,1H3,(H,22,25). The number of rotatable bonds is 2. The Morgan fingerprint density at radius 1 is 1.15 bits per heavy atom. The van der Waals surface area contributed by atoms with Crippen molar-refractivity contribution in [2.24, 2.45) is 0 Å². The predicted molar refractivity (Wildman–Crippen MR) is 103 cm³/mol. The summed E-state index contributed by atoms with van der Waals surface area (Å²) in [5.74, 6) is -0.144. The molecule has 1 atom stereocenters. The van der Waals surface area contributed by atoms with Crippen LogP contribution in [0.3, 0.4) is 0 Å². The Morgan fingerprint density at radius 3 is 2.69 bits per heavy atom. The molecule has 6 heteroatoms. The molecule has 1 N–H and O–H groups in total. The summed E-state index contributed by atoms with van der Waals surface area (Å²) >= 11 is 5.88. The summed E-state index contributed by atoms with van der Waals surface area (Å²) in [5, 5.41) is 3.48. The van der Waals surface area contributed by atoms with Crippen molar-refractivity contribution in [3.05, 3.63) is 58.6 Å². The zero-order valence-electron chi connectivity index (χ0n) is 14.5. The zero-order chi connectivity index (χ0) is 18.3. The SMILES string of the molecule is CN1c2cc(C(=O)Nc3ccc(Cl)cc3)ccc2C(=O)N2CCCCC21. The molecule has 1 unspecified atom stereocenters. The summed E-state index contributed by atoms with van der Waals surface area (Å²) in [5.41, 5.74) is 2.69. The number of benzene rings is 2. The van der Waals surface area contributed by atoms with Crippen LogP contribution in [0.4, 0.5) is 11.4 Å². The van der Waals surface area contributed by atoms with Crippen molar-refractivity contribution in [2.45, 2.75) is 25.4 Å². The minimum absolute atomic E-state index is 0.0625. The lowest BCUT2D eigenvalue weighted by Gasteiger charge is -2.46. The third kappa shape index (κ3) is 2.92. The van der Waals surface area contributed by atoms with E-state index in [2.05, 4.69) is 10.2 Å². The molecule has 1 fully saturated rings. The van der Waals surface area contributed by atoms with Gasteiger partial charge in [-0.05, 0) is 61.7 Å². The molecule has 4 rings (SSSR count). The first kappa shape index (κ1) is 16.9. The van der Waals surface area contributed by atoms with Crippen LogP contribution in [0, 0.1) is 0 Å². The van der Waals surface area contributed by atoms with Crippen LogP contribution in [-0.2, 0) is 0 Å². The highest BCUT2D eigenvalue weighted by Gasteiger charge is 2.37.